The van der Waals surface area contributed by atoms with E-state index in [-0.39, 0.29) is 24.8 Å². The van der Waals surface area contributed by atoms with Crippen molar-refractivity contribution in [1.29, 1.82) is 0 Å². The Morgan fingerprint density at radius 1 is 1.56 bits per heavy atom. The second-order valence-corrected chi connectivity index (χ2v) is 3.15. The van der Waals surface area contributed by atoms with Gasteiger partial charge in [-0.25, -0.2) is 0 Å². The maximum absolute atomic E-state index is 11.4. The molecule has 16 heavy (non-hydrogen) atoms. The van der Waals surface area contributed by atoms with Crippen molar-refractivity contribution in [2.75, 3.05) is 18.9 Å². The first-order chi connectivity index (χ1) is 7.47. The Bertz CT molecular complexity index is 273. The number of hydrogen-bond acceptors (Lipinski definition) is 6. The number of nitrogens with one attached hydrogen (secondary N) is 2. The Labute approximate surface area is 97.2 Å². The molecule has 0 spiro atoms. The minimum absolute atomic E-state index is 0.0102. The van der Waals surface area contributed by atoms with Gasteiger partial charge in [0.25, 0.3) is 5.09 Å². The van der Waals surface area contributed by atoms with Crippen molar-refractivity contribution in [3.8, 4) is 0 Å². The lowest BCUT2D eigenvalue weighted by Crippen LogP contribution is -2.48. The molecule has 0 aromatic carbocycles. The molecule has 0 aromatic rings. The van der Waals surface area contributed by atoms with Gasteiger partial charge in [-0.15, -0.1) is 10.1 Å². The largest absolute Gasteiger partial charge is 0.352 e. The maximum Gasteiger partial charge on any atom is 0.294 e. The number of carbonyl (C=O) groups excluding carboxylic acids is 2. The molecule has 8 nitrogen and oxygen atoms in total. The molecule has 0 aliphatic rings. The van der Waals surface area contributed by atoms with E-state index in [0.29, 0.717) is 0 Å². The van der Waals surface area contributed by atoms with E-state index in [0.717, 1.165) is 0 Å². The third-order valence-corrected chi connectivity index (χ3v) is 1.84. The molecule has 92 valence electrons. The van der Waals surface area contributed by atoms with Gasteiger partial charge in [-0.05, 0) is 0 Å². The first-order valence-corrected chi connectivity index (χ1v) is 5.03. The highest BCUT2D eigenvalue weighted by Crippen LogP contribution is 1.88. The summed E-state index contributed by atoms with van der Waals surface area (Å²) in [6.07, 6.45) is 0. The fourth-order valence-corrected chi connectivity index (χ4v) is 1.11. The van der Waals surface area contributed by atoms with Crippen LogP contribution in [0, 0.1) is 10.1 Å². The van der Waals surface area contributed by atoms with Crippen molar-refractivity contribution in [1.82, 2.24) is 10.6 Å². The lowest BCUT2D eigenvalue weighted by Gasteiger charge is -2.14. The Kier molecular flexibility index (Phi) is 7.01. The van der Waals surface area contributed by atoms with Gasteiger partial charge in [0.1, 0.15) is 12.6 Å². The Morgan fingerprint density at radius 2 is 2.19 bits per heavy atom. The van der Waals surface area contributed by atoms with Crippen LogP contribution in [-0.4, -0.2) is 41.8 Å². The molecule has 0 aliphatic carbocycles. The van der Waals surface area contributed by atoms with E-state index in [1.807, 2.05) is 0 Å². The summed E-state index contributed by atoms with van der Waals surface area (Å²) in [6, 6.07) is -0.753. The maximum atomic E-state index is 11.4. The van der Waals surface area contributed by atoms with Gasteiger partial charge in [-0.2, -0.15) is 12.6 Å². The molecule has 0 fully saturated rings. The highest BCUT2D eigenvalue weighted by Gasteiger charge is 2.16. The quantitative estimate of drug-likeness (QED) is 0.226. The Hall–Kier alpha value is -1.51. The summed E-state index contributed by atoms with van der Waals surface area (Å²) in [5, 5.41) is 13.6. The summed E-state index contributed by atoms with van der Waals surface area (Å²) in [7, 11) is 0. The van der Waals surface area contributed by atoms with Gasteiger partial charge in [-0.3, -0.25) is 9.59 Å². The van der Waals surface area contributed by atoms with E-state index in [1.54, 1.807) is 0 Å². The van der Waals surface area contributed by atoms with Gasteiger partial charge in [0.15, 0.2) is 0 Å². The van der Waals surface area contributed by atoms with Crippen LogP contribution in [0.3, 0.4) is 0 Å². The highest BCUT2D eigenvalue weighted by atomic mass is 32.1. The minimum Gasteiger partial charge on any atom is -0.352 e. The predicted molar refractivity (Wildman–Crippen MR) is 57.4 cm³/mol. The summed E-state index contributed by atoms with van der Waals surface area (Å²) < 4.78 is 0. The SMILES string of the molecule is CC(=O)NC(CS)C(=O)NCCO[N+](=O)[O-]. The topological polar surface area (TPSA) is 111 Å². The van der Waals surface area contributed by atoms with Gasteiger partial charge >= 0.3 is 0 Å². The summed E-state index contributed by atoms with van der Waals surface area (Å²) in [5.74, 6) is -0.672. The molecule has 0 rings (SSSR count). The molecule has 0 heterocycles. The number of carbonyl (C=O) groups is 2. The molecular formula is C7H13N3O5S. The van der Waals surface area contributed by atoms with Gasteiger partial charge in [0.05, 0.1) is 0 Å². The van der Waals surface area contributed by atoms with Crippen LogP contribution in [0.25, 0.3) is 0 Å². The number of nitrogens with zero attached hydrogens (tertiary/aromatic N) is 1. The summed E-state index contributed by atoms with van der Waals surface area (Å²) in [5.41, 5.74) is 0. The zero-order chi connectivity index (χ0) is 12.6. The van der Waals surface area contributed by atoms with Crippen molar-refractivity contribution in [2.24, 2.45) is 0 Å². The fraction of sp³-hybridized carbons (Fsp3) is 0.714. The molecule has 0 aromatic heterocycles. The zero-order valence-electron chi connectivity index (χ0n) is 8.63. The summed E-state index contributed by atoms with van der Waals surface area (Å²) in [6.45, 7) is 1.03. The number of amides is 2. The molecule has 1 unspecified atom stereocenters. The number of rotatable bonds is 7. The monoisotopic (exact) mass is 251 g/mol. The second kappa shape index (κ2) is 7.74. The first-order valence-electron chi connectivity index (χ1n) is 4.40. The smallest absolute Gasteiger partial charge is 0.294 e. The molecule has 0 saturated carbocycles. The van der Waals surface area contributed by atoms with Crippen LogP contribution in [-0.2, 0) is 14.4 Å². The number of thiol groups is 1. The minimum atomic E-state index is -0.948. The third kappa shape index (κ3) is 6.87. The van der Waals surface area contributed by atoms with E-state index in [1.165, 1.54) is 6.92 Å². The van der Waals surface area contributed by atoms with Gasteiger partial charge in [0, 0.05) is 19.2 Å². The van der Waals surface area contributed by atoms with E-state index in [4.69, 9.17) is 0 Å². The average Bonchev–Trinajstić information content (AvgIpc) is 2.20. The van der Waals surface area contributed by atoms with Gasteiger partial charge in [-0.1, -0.05) is 0 Å². The zero-order valence-corrected chi connectivity index (χ0v) is 9.53. The summed E-state index contributed by atoms with van der Waals surface area (Å²) in [4.78, 5) is 35.8. The van der Waals surface area contributed by atoms with Crippen LogP contribution in [0.5, 0.6) is 0 Å². The molecular weight excluding hydrogens is 238 g/mol. The Morgan fingerprint density at radius 3 is 2.62 bits per heavy atom. The molecule has 0 aliphatic heterocycles. The molecule has 9 heteroatoms. The predicted octanol–water partition coefficient (Wildman–Crippen LogP) is -1.25. The lowest BCUT2D eigenvalue weighted by molar-refractivity contribution is -0.757. The lowest BCUT2D eigenvalue weighted by atomic mass is 10.3. The highest BCUT2D eigenvalue weighted by molar-refractivity contribution is 7.80. The van der Waals surface area contributed by atoms with Crippen molar-refractivity contribution in [2.45, 2.75) is 13.0 Å². The molecule has 1 atom stereocenters. The van der Waals surface area contributed by atoms with E-state index >= 15 is 0 Å². The van der Waals surface area contributed by atoms with Crippen LogP contribution >= 0.6 is 12.6 Å². The van der Waals surface area contributed by atoms with E-state index in [2.05, 4.69) is 28.1 Å². The van der Waals surface area contributed by atoms with Gasteiger partial charge in [0.2, 0.25) is 11.8 Å². The van der Waals surface area contributed by atoms with E-state index < -0.39 is 17.0 Å². The second-order valence-electron chi connectivity index (χ2n) is 2.78. The molecule has 0 bridgehead atoms. The average molecular weight is 251 g/mol. The van der Waals surface area contributed by atoms with Crippen LogP contribution in [0.4, 0.5) is 0 Å². The Balaban J connectivity index is 3.84. The first kappa shape index (κ1) is 14.5. The summed E-state index contributed by atoms with van der Waals surface area (Å²) >= 11 is 3.89. The number of hydrogen-bond donors (Lipinski definition) is 3. The molecule has 0 radical (unpaired) electrons. The standard InChI is InChI=1S/C7H13N3O5S/c1-5(11)9-6(4-16)7(12)8-2-3-15-10(13)14/h6,16H,2-4H2,1H3,(H,8,12)(H,9,11). The van der Waals surface area contributed by atoms with Crippen LogP contribution in [0.1, 0.15) is 6.92 Å². The van der Waals surface area contributed by atoms with Crippen molar-refractivity contribution < 1.29 is 19.5 Å². The molecule has 0 saturated heterocycles. The van der Waals surface area contributed by atoms with Crippen molar-refractivity contribution >= 4 is 24.4 Å². The van der Waals surface area contributed by atoms with Crippen molar-refractivity contribution in [3.05, 3.63) is 10.1 Å². The van der Waals surface area contributed by atoms with Crippen LogP contribution in [0.2, 0.25) is 0 Å². The van der Waals surface area contributed by atoms with E-state index in [9.17, 15) is 19.7 Å². The third-order valence-electron chi connectivity index (χ3n) is 1.47. The molecule has 2 amide bonds. The van der Waals surface area contributed by atoms with Crippen LogP contribution < -0.4 is 10.6 Å². The van der Waals surface area contributed by atoms with Gasteiger partial charge < -0.3 is 15.5 Å². The van der Waals surface area contributed by atoms with Crippen molar-refractivity contribution in [3.63, 3.8) is 0 Å². The van der Waals surface area contributed by atoms with Crippen LogP contribution in [0.15, 0.2) is 0 Å². The normalized spacial score (nSPS) is 11.4. The molecule has 2 N–H and O–H groups in total. The fourth-order valence-electron chi connectivity index (χ4n) is 0.857.